The number of amides is 1. The molecule has 4 heterocycles. The summed E-state index contributed by atoms with van der Waals surface area (Å²) in [6.45, 7) is 4.47. The molecule has 0 bridgehead atoms. The maximum absolute atomic E-state index is 12.2. The summed E-state index contributed by atoms with van der Waals surface area (Å²) in [7, 11) is 0. The highest BCUT2D eigenvalue weighted by Gasteiger charge is 2.39. The predicted octanol–water partition coefficient (Wildman–Crippen LogP) is 2.70. The SMILES string of the molecule is CCC(=O)N1CCCC1C1CCCN1Cc1nnc(-c2ccco2)o1. The quantitative estimate of drug-likeness (QED) is 0.830. The van der Waals surface area contributed by atoms with Gasteiger partial charge in [0.05, 0.1) is 12.8 Å². The molecule has 2 aromatic heterocycles. The Labute approximate surface area is 147 Å². The van der Waals surface area contributed by atoms with Crippen molar-refractivity contribution in [1.29, 1.82) is 0 Å². The third-order valence-electron chi connectivity index (χ3n) is 5.32. The van der Waals surface area contributed by atoms with Crippen molar-refractivity contribution in [2.75, 3.05) is 13.1 Å². The molecule has 0 radical (unpaired) electrons. The lowest BCUT2D eigenvalue weighted by Gasteiger charge is -2.34. The van der Waals surface area contributed by atoms with Crippen molar-refractivity contribution in [1.82, 2.24) is 20.0 Å². The van der Waals surface area contributed by atoms with Crippen LogP contribution < -0.4 is 0 Å². The first-order valence-corrected chi connectivity index (χ1v) is 9.16. The first kappa shape index (κ1) is 16.3. The van der Waals surface area contributed by atoms with E-state index in [-0.39, 0.29) is 5.91 Å². The first-order valence-electron chi connectivity index (χ1n) is 9.16. The van der Waals surface area contributed by atoms with E-state index < -0.39 is 0 Å². The van der Waals surface area contributed by atoms with E-state index in [4.69, 9.17) is 8.83 Å². The molecule has 1 amide bonds. The van der Waals surface area contributed by atoms with E-state index >= 15 is 0 Å². The smallest absolute Gasteiger partial charge is 0.283 e. The topological polar surface area (TPSA) is 75.6 Å². The number of carbonyl (C=O) groups excluding carboxylic acids is 1. The van der Waals surface area contributed by atoms with Crippen molar-refractivity contribution >= 4 is 5.91 Å². The zero-order valence-corrected chi connectivity index (χ0v) is 14.6. The summed E-state index contributed by atoms with van der Waals surface area (Å²) >= 11 is 0. The molecule has 2 aliphatic rings. The molecule has 7 heteroatoms. The van der Waals surface area contributed by atoms with Crippen LogP contribution in [0.1, 0.15) is 44.9 Å². The molecule has 2 atom stereocenters. The maximum atomic E-state index is 12.2. The molecule has 0 aromatic carbocycles. The van der Waals surface area contributed by atoms with Crippen LogP contribution in [0.4, 0.5) is 0 Å². The number of hydrogen-bond acceptors (Lipinski definition) is 6. The van der Waals surface area contributed by atoms with Gasteiger partial charge in [0.25, 0.3) is 5.89 Å². The molecule has 4 rings (SSSR count). The highest BCUT2D eigenvalue weighted by Crippen LogP contribution is 2.31. The summed E-state index contributed by atoms with van der Waals surface area (Å²) in [6.07, 6.45) is 6.64. The van der Waals surface area contributed by atoms with Crippen LogP contribution in [0, 0.1) is 0 Å². The van der Waals surface area contributed by atoms with E-state index in [9.17, 15) is 4.79 Å². The van der Waals surface area contributed by atoms with Gasteiger partial charge in [-0.2, -0.15) is 0 Å². The minimum Gasteiger partial charge on any atom is -0.459 e. The highest BCUT2D eigenvalue weighted by molar-refractivity contribution is 5.76. The van der Waals surface area contributed by atoms with E-state index in [0.29, 0.717) is 42.6 Å². The second-order valence-corrected chi connectivity index (χ2v) is 6.81. The Morgan fingerprint density at radius 2 is 2.08 bits per heavy atom. The summed E-state index contributed by atoms with van der Waals surface area (Å²) in [4.78, 5) is 16.7. The highest BCUT2D eigenvalue weighted by atomic mass is 16.4. The van der Waals surface area contributed by atoms with Gasteiger partial charge < -0.3 is 13.7 Å². The molecule has 25 heavy (non-hydrogen) atoms. The zero-order chi connectivity index (χ0) is 17.2. The average Bonchev–Trinajstić information content (AvgIpc) is 3.38. The fraction of sp³-hybridized carbons (Fsp3) is 0.611. The van der Waals surface area contributed by atoms with Gasteiger partial charge in [0.1, 0.15) is 0 Å². The van der Waals surface area contributed by atoms with Gasteiger partial charge in [0, 0.05) is 25.0 Å². The fourth-order valence-corrected chi connectivity index (χ4v) is 4.18. The average molecular weight is 344 g/mol. The molecule has 2 fully saturated rings. The van der Waals surface area contributed by atoms with Crippen LogP contribution in [0.3, 0.4) is 0 Å². The standard InChI is InChI=1S/C18H24N4O3/c1-2-17(23)22-10-4-7-14(22)13-6-3-9-21(13)12-16-19-20-18(25-16)15-8-5-11-24-15/h5,8,11,13-14H,2-4,6-7,9-10,12H2,1H3. The lowest BCUT2D eigenvalue weighted by Crippen LogP contribution is -2.47. The molecule has 2 saturated heterocycles. The van der Waals surface area contributed by atoms with Crippen LogP contribution in [-0.4, -0.2) is 51.1 Å². The van der Waals surface area contributed by atoms with E-state index in [1.54, 1.807) is 12.3 Å². The second-order valence-electron chi connectivity index (χ2n) is 6.81. The van der Waals surface area contributed by atoms with Crippen LogP contribution in [0.5, 0.6) is 0 Å². The summed E-state index contributed by atoms with van der Waals surface area (Å²) in [5.41, 5.74) is 0. The Hall–Kier alpha value is -2.15. The molecule has 7 nitrogen and oxygen atoms in total. The normalized spacial score (nSPS) is 24.3. The van der Waals surface area contributed by atoms with Gasteiger partial charge in [-0.25, -0.2) is 0 Å². The molecule has 0 saturated carbocycles. The Bertz CT molecular complexity index is 712. The minimum absolute atomic E-state index is 0.271. The summed E-state index contributed by atoms with van der Waals surface area (Å²) < 4.78 is 11.1. The Kier molecular flexibility index (Phi) is 4.57. The third kappa shape index (κ3) is 3.20. The van der Waals surface area contributed by atoms with Gasteiger partial charge in [-0.1, -0.05) is 6.92 Å². The molecule has 2 aliphatic heterocycles. The number of hydrogen-bond donors (Lipinski definition) is 0. The number of nitrogens with zero attached hydrogens (tertiary/aromatic N) is 4. The number of likely N-dealkylation sites (tertiary alicyclic amines) is 2. The monoisotopic (exact) mass is 344 g/mol. The molecule has 134 valence electrons. The van der Waals surface area contributed by atoms with Gasteiger partial charge in [0.15, 0.2) is 5.76 Å². The number of carbonyl (C=O) groups is 1. The van der Waals surface area contributed by atoms with Crippen molar-refractivity contribution in [3.63, 3.8) is 0 Å². The third-order valence-corrected chi connectivity index (χ3v) is 5.32. The van der Waals surface area contributed by atoms with Crippen molar-refractivity contribution in [2.24, 2.45) is 0 Å². The molecule has 0 aliphatic carbocycles. The van der Waals surface area contributed by atoms with Gasteiger partial charge in [0.2, 0.25) is 11.8 Å². The van der Waals surface area contributed by atoms with Crippen LogP contribution in [0.2, 0.25) is 0 Å². The summed E-state index contributed by atoms with van der Waals surface area (Å²) in [6, 6.07) is 4.32. The van der Waals surface area contributed by atoms with Crippen molar-refractivity contribution in [2.45, 2.75) is 57.7 Å². The van der Waals surface area contributed by atoms with Gasteiger partial charge in [-0.05, 0) is 44.4 Å². The van der Waals surface area contributed by atoms with Crippen LogP contribution in [-0.2, 0) is 11.3 Å². The van der Waals surface area contributed by atoms with Gasteiger partial charge in [-0.15, -0.1) is 10.2 Å². The fourth-order valence-electron chi connectivity index (χ4n) is 4.18. The Balaban J connectivity index is 1.46. The number of aromatic nitrogens is 2. The lowest BCUT2D eigenvalue weighted by atomic mass is 10.0. The van der Waals surface area contributed by atoms with Crippen LogP contribution in [0.25, 0.3) is 11.7 Å². The van der Waals surface area contributed by atoms with E-state index in [2.05, 4.69) is 20.0 Å². The van der Waals surface area contributed by atoms with Crippen LogP contribution >= 0.6 is 0 Å². The Morgan fingerprint density at radius 1 is 1.24 bits per heavy atom. The molecular weight excluding hydrogens is 320 g/mol. The molecule has 2 aromatic rings. The molecule has 2 unspecified atom stereocenters. The predicted molar refractivity (Wildman–Crippen MR) is 90.5 cm³/mol. The maximum Gasteiger partial charge on any atom is 0.283 e. The van der Waals surface area contributed by atoms with Crippen molar-refractivity contribution < 1.29 is 13.6 Å². The number of furan rings is 1. The first-order chi connectivity index (χ1) is 12.3. The van der Waals surface area contributed by atoms with E-state index in [0.717, 1.165) is 38.8 Å². The largest absolute Gasteiger partial charge is 0.459 e. The zero-order valence-electron chi connectivity index (χ0n) is 14.6. The van der Waals surface area contributed by atoms with Crippen molar-refractivity contribution in [3.05, 3.63) is 24.3 Å². The second kappa shape index (κ2) is 7.00. The van der Waals surface area contributed by atoms with Gasteiger partial charge in [-0.3, -0.25) is 9.69 Å². The summed E-state index contributed by atoms with van der Waals surface area (Å²) in [5, 5.41) is 8.25. The molecule has 0 N–H and O–H groups in total. The van der Waals surface area contributed by atoms with E-state index in [1.165, 1.54) is 0 Å². The molecule has 0 spiro atoms. The minimum atomic E-state index is 0.271. The van der Waals surface area contributed by atoms with Crippen LogP contribution in [0.15, 0.2) is 27.2 Å². The lowest BCUT2D eigenvalue weighted by molar-refractivity contribution is -0.132. The molecular formula is C18H24N4O3. The van der Waals surface area contributed by atoms with Crippen molar-refractivity contribution in [3.8, 4) is 11.7 Å². The van der Waals surface area contributed by atoms with E-state index in [1.807, 2.05) is 13.0 Å². The van der Waals surface area contributed by atoms with Gasteiger partial charge >= 0.3 is 0 Å². The Morgan fingerprint density at radius 3 is 2.88 bits per heavy atom. The number of rotatable bonds is 5. The summed E-state index contributed by atoms with van der Waals surface area (Å²) in [5.74, 6) is 1.88.